The number of allylic oxidation sites excluding steroid dienone is 2. The van der Waals surface area contributed by atoms with Gasteiger partial charge in [-0.2, -0.15) is 0 Å². The summed E-state index contributed by atoms with van der Waals surface area (Å²) >= 11 is 0. The molecule has 12 heavy (non-hydrogen) atoms. The first-order valence-corrected chi connectivity index (χ1v) is 5.51. The minimum Gasteiger partial charge on any atom is -0.0879 e. The molecule has 0 N–H and O–H groups in total. The van der Waals surface area contributed by atoms with E-state index in [0.29, 0.717) is 5.41 Å². The highest BCUT2D eigenvalue weighted by molar-refractivity contribution is 5.05. The van der Waals surface area contributed by atoms with Crippen LogP contribution in [0.3, 0.4) is 0 Å². The molecule has 0 aliphatic heterocycles. The highest BCUT2D eigenvalue weighted by atomic mass is 14.3. The molecule has 1 aliphatic rings. The van der Waals surface area contributed by atoms with Gasteiger partial charge in [-0.15, -0.1) is 0 Å². The Morgan fingerprint density at radius 3 is 2.25 bits per heavy atom. The molecule has 0 bridgehead atoms. The molecular formula is C12H24. The Labute approximate surface area is 78.1 Å². The topological polar surface area (TPSA) is 0 Å². The molecule has 1 atom stereocenters. The van der Waals surface area contributed by atoms with Gasteiger partial charge in [-0.1, -0.05) is 46.3 Å². The maximum Gasteiger partial charge on any atom is -0.0118 e. The lowest BCUT2D eigenvalue weighted by Crippen LogP contribution is -2.12. The van der Waals surface area contributed by atoms with Gasteiger partial charge in [0, 0.05) is 0 Å². The third kappa shape index (κ3) is 3.00. The average Bonchev–Trinajstić information content (AvgIpc) is 2.58. The van der Waals surface area contributed by atoms with Crippen LogP contribution in [0.4, 0.5) is 0 Å². The van der Waals surface area contributed by atoms with Crippen molar-refractivity contribution < 1.29 is 0 Å². The first kappa shape index (κ1) is 11.7. The Morgan fingerprint density at radius 1 is 1.25 bits per heavy atom. The van der Waals surface area contributed by atoms with Crippen molar-refractivity contribution in [2.24, 2.45) is 5.41 Å². The molecule has 0 heterocycles. The van der Waals surface area contributed by atoms with E-state index in [1.54, 1.807) is 0 Å². The maximum atomic E-state index is 2.44. The van der Waals surface area contributed by atoms with E-state index in [0.717, 1.165) is 0 Å². The molecule has 1 unspecified atom stereocenters. The molecule has 0 aromatic rings. The Morgan fingerprint density at radius 2 is 1.92 bits per heavy atom. The van der Waals surface area contributed by atoms with E-state index in [1.165, 1.54) is 32.1 Å². The van der Waals surface area contributed by atoms with E-state index in [2.05, 4.69) is 26.0 Å². The van der Waals surface area contributed by atoms with Crippen LogP contribution in [0.2, 0.25) is 0 Å². The van der Waals surface area contributed by atoms with Gasteiger partial charge in [0.15, 0.2) is 0 Å². The molecule has 0 spiro atoms. The van der Waals surface area contributed by atoms with Crippen LogP contribution in [0.1, 0.15) is 59.8 Å². The van der Waals surface area contributed by atoms with Crippen molar-refractivity contribution >= 4 is 0 Å². The molecule has 0 amide bonds. The van der Waals surface area contributed by atoms with E-state index in [1.807, 2.05) is 13.8 Å². The summed E-state index contributed by atoms with van der Waals surface area (Å²) in [6, 6.07) is 0. The third-order valence-corrected chi connectivity index (χ3v) is 2.73. The Hall–Kier alpha value is -0.260. The fourth-order valence-corrected chi connectivity index (χ4v) is 1.97. The Bertz CT molecular complexity index is 124. The lowest BCUT2D eigenvalue weighted by atomic mass is 9.81. The molecule has 0 fully saturated rings. The quantitative estimate of drug-likeness (QED) is 0.542. The SMILES string of the molecule is CC.CCCC1(CC)C=CCC1. The molecule has 1 aliphatic carbocycles. The van der Waals surface area contributed by atoms with E-state index in [9.17, 15) is 0 Å². The van der Waals surface area contributed by atoms with Crippen molar-refractivity contribution in [3.8, 4) is 0 Å². The third-order valence-electron chi connectivity index (χ3n) is 2.73. The highest BCUT2D eigenvalue weighted by Gasteiger charge is 2.25. The minimum atomic E-state index is 0.606. The zero-order valence-corrected chi connectivity index (χ0v) is 9.19. The van der Waals surface area contributed by atoms with Crippen LogP contribution in [-0.2, 0) is 0 Å². The van der Waals surface area contributed by atoms with Gasteiger partial charge in [0.05, 0.1) is 0 Å². The van der Waals surface area contributed by atoms with E-state index >= 15 is 0 Å². The van der Waals surface area contributed by atoms with Gasteiger partial charge in [0.2, 0.25) is 0 Å². The molecular weight excluding hydrogens is 144 g/mol. The predicted octanol–water partition coefficient (Wildman–Crippen LogP) is 4.56. The highest BCUT2D eigenvalue weighted by Crippen LogP contribution is 2.39. The van der Waals surface area contributed by atoms with Gasteiger partial charge in [0.1, 0.15) is 0 Å². The van der Waals surface area contributed by atoms with Crippen LogP contribution in [0.25, 0.3) is 0 Å². The van der Waals surface area contributed by atoms with Crippen LogP contribution in [0.5, 0.6) is 0 Å². The van der Waals surface area contributed by atoms with Gasteiger partial charge in [0.25, 0.3) is 0 Å². The molecule has 0 heteroatoms. The van der Waals surface area contributed by atoms with Crippen LogP contribution >= 0.6 is 0 Å². The summed E-state index contributed by atoms with van der Waals surface area (Å²) in [4.78, 5) is 0. The summed E-state index contributed by atoms with van der Waals surface area (Å²) in [7, 11) is 0. The van der Waals surface area contributed by atoms with Gasteiger partial charge >= 0.3 is 0 Å². The predicted molar refractivity (Wildman–Crippen MR) is 57.4 cm³/mol. The summed E-state index contributed by atoms with van der Waals surface area (Å²) in [5, 5.41) is 0. The molecule has 1 rings (SSSR count). The molecule has 0 nitrogen and oxygen atoms in total. The van der Waals surface area contributed by atoms with E-state index in [-0.39, 0.29) is 0 Å². The van der Waals surface area contributed by atoms with Crippen molar-refractivity contribution in [3.05, 3.63) is 12.2 Å². The summed E-state index contributed by atoms with van der Waals surface area (Å²) in [6.07, 6.45) is 11.6. The molecule has 0 aromatic carbocycles. The Balaban J connectivity index is 0.000000561. The van der Waals surface area contributed by atoms with E-state index in [4.69, 9.17) is 0 Å². The normalized spacial score (nSPS) is 26.7. The summed E-state index contributed by atoms with van der Waals surface area (Å²) < 4.78 is 0. The maximum absolute atomic E-state index is 2.44. The fourth-order valence-electron chi connectivity index (χ4n) is 1.97. The standard InChI is InChI=1S/C10H18.C2H6/c1-3-7-10(4-2)8-5-6-9-10;1-2/h5,8H,3-4,6-7,9H2,1-2H3;1-2H3. The second-order valence-corrected chi connectivity index (χ2v) is 3.41. The molecule has 0 radical (unpaired) electrons. The van der Waals surface area contributed by atoms with Crippen LogP contribution in [0, 0.1) is 5.41 Å². The summed E-state index contributed by atoms with van der Waals surface area (Å²) in [5.74, 6) is 0. The Kier molecular flexibility index (Phi) is 6.14. The first-order valence-electron chi connectivity index (χ1n) is 5.51. The smallest absolute Gasteiger partial charge is 0.0118 e. The second kappa shape index (κ2) is 6.28. The van der Waals surface area contributed by atoms with Crippen molar-refractivity contribution in [2.75, 3.05) is 0 Å². The summed E-state index contributed by atoms with van der Waals surface area (Å²) in [6.45, 7) is 8.59. The van der Waals surface area contributed by atoms with Gasteiger partial charge in [-0.05, 0) is 31.1 Å². The van der Waals surface area contributed by atoms with Crippen LogP contribution < -0.4 is 0 Å². The number of rotatable bonds is 3. The number of hydrogen-bond acceptors (Lipinski definition) is 0. The van der Waals surface area contributed by atoms with E-state index < -0.39 is 0 Å². The fraction of sp³-hybridized carbons (Fsp3) is 0.833. The molecule has 72 valence electrons. The van der Waals surface area contributed by atoms with Crippen molar-refractivity contribution in [1.29, 1.82) is 0 Å². The van der Waals surface area contributed by atoms with Crippen molar-refractivity contribution in [2.45, 2.75) is 59.8 Å². The molecule has 0 saturated heterocycles. The van der Waals surface area contributed by atoms with Crippen molar-refractivity contribution in [3.63, 3.8) is 0 Å². The van der Waals surface area contributed by atoms with Crippen LogP contribution in [0.15, 0.2) is 12.2 Å². The zero-order valence-electron chi connectivity index (χ0n) is 9.19. The molecule has 0 aromatic heterocycles. The second-order valence-electron chi connectivity index (χ2n) is 3.41. The average molecular weight is 168 g/mol. The molecule has 0 saturated carbocycles. The first-order chi connectivity index (χ1) is 5.83. The monoisotopic (exact) mass is 168 g/mol. The summed E-state index contributed by atoms with van der Waals surface area (Å²) in [5.41, 5.74) is 0.606. The minimum absolute atomic E-state index is 0.606. The van der Waals surface area contributed by atoms with Crippen LogP contribution in [-0.4, -0.2) is 0 Å². The van der Waals surface area contributed by atoms with Gasteiger partial charge in [-0.3, -0.25) is 0 Å². The lowest BCUT2D eigenvalue weighted by Gasteiger charge is -2.24. The van der Waals surface area contributed by atoms with Gasteiger partial charge in [-0.25, -0.2) is 0 Å². The largest absolute Gasteiger partial charge is 0.0879 e. The number of hydrogen-bond donors (Lipinski definition) is 0. The van der Waals surface area contributed by atoms with Gasteiger partial charge < -0.3 is 0 Å². The van der Waals surface area contributed by atoms with Crippen molar-refractivity contribution in [1.82, 2.24) is 0 Å². The lowest BCUT2D eigenvalue weighted by molar-refractivity contribution is 0.328. The zero-order chi connectivity index (χ0) is 9.45.